The van der Waals surface area contributed by atoms with Crippen molar-refractivity contribution in [3.05, 3.63) is 95.4 Å². The smallest absolute Gasteiger partial charge is 0.410 e. The summed E-state index contributed by atoms with van der Waals surface area (Å²) in [5.41, 5.74) is 13.4. The van der Waals surface area contributed by atoms with Gasteiger partial charge in [0.2, 0.25) is 11.7 Å². The summed E-state index contributed by atoms with van der Waals surface area (Å²) in [6.45, 7) is 10.6. The number of hydrogen-bond acceptors (Lipinski definition) is 9. The Morgan fingerprint density at radius 3 is 2.43 bits per heavy atom. The second kappa shape index (κ2) is 16.8. The number of carbonyl (C=O) groups is 3. The zero-order valence-electron chi connectivity index (χ0n) is 31.0. The fourth-order valence-electron chi connectivity index (χ4n) is 6.26. The van der Waals surface area contributed by atoms with E-state index in [-0.39, 0.29) is 43.4 Å². The second-order valence-electron chi connectivity index (χ2n) is 14.2. The summed E-state index contributed by atoms with van der Waals surface area (Å²) in [4.78, 5) is 43.9. The van der Waals surface area contributed by atoms with Crippen LogP contribution in [0.4, 0.5) is 16.3 Å². The van der Waals surface area contributed by atoms with Gasteiger partial charge < -0.3 is 31.5 Å². The molecule has 278 valence electrons. The average Bonchev–Trinajstić information content (AvgIpc) is 3.52. The molecule has 3 heterocycles. The fraction of sp³-hybridized carbons (Fsp3) is 0.350. The number of pyridine rings is 2. The first-order valence-corrected chi connectivity index (χ1v) is 17.7. The van der Waals surface area contributed by atoms with Gasteiger partial charge >= 0.3 is 6.09 Å². The van der Waals surface area contributed by atoms with Crippen molar-refractivity contribution < 1.29 is 28.8 Å². The molecule has 2 aromatic heterocycles. The molecule has 0 bridgehead atoms. The van der Waals surface area contributed by atoms with Crippen molar-refractivity contribution in [2.75, 3.05) is 37.3 Å². The summed E-state index contributed by atoms with van der Waals surface area (Å²) in [7, 11) is 0. The third-order valence-electron chi connectivity index (χ3n) is 8.99. The Hall–Kier alpha value is -5.66. The van der Waals surface area contributed by atoms with Gasteiger partial charge in [0.15, 0.2) is 0 Å². The number of rotatable bonds is 12. The number of amides is 3. The van der Waals surface area contributed by atoms with Gasteiger partial charge in [0.1, 0.15) is 17.8 Å². The number of nitrogens with one attached hydrogen (secondary N) is 4. The first-order valence-electron chi connectivity index (χ1n) is 17.7. The van der Waals surface area contributed by atoms with Gasteiger partial charge in [0.05, 0.1) is 12.8 Å². The number of aliphatic hydroxyl groups excluding tert-OH is 1. The molecule has 0 spiro atoms. The summed E-state index contributed by atoms with van der Waals surface area (Å²) in [5, 5.41) is 26.8. The highest BCUT2D eigenvalue weighted by atomic mass is 16.6. The van der Waals surface area contributed by atoms with Crippen molar-refractivity contribution >= 4 is 35.2 Å². The van der Waals surface area contributed by atoms with Gasteiger partial charge in [-0.1, -0.05) is 36.4 Å². The second-order valence-corrected chi connectivity index (χ2v) is 14.2. The third-order valence-corrected chi connectivity index (χ3v) is 8.99. The van der Waals surface area contributed by atoms with E-state index in [1.165, 1.54) is 9.47 Å². The predicted molar refractivity (Wildman–Crippen MR) is 204 cm³/mol. The molecular weight excluding hydrogens is 672 g/mol. The van der Waals surface area contributed by atoms with Gasteiger partial charge in [0.25, 0.3) is 11.7 Å². The normalized spacial score (nSPS) is 14.1. The van der Waals surface area contributed by atoms with E-state index in [0.717, 1.165) is 38.9 Å². The largest absolute Gasteiger partial charge is 0.444 e. The van der Waals surface area contributed by atoms with Crippen molar-refractivity contribution in [2.45, 2.75) is 65.6 Å². The van der Waals surface area contributed by atoms with Crippen molar-refractivity contribution in [3.63, 3.8) is 0 Å². The van der Waals surface area contributed by atoms with Crippen molar-refractivity contribution in [1.82, 2.24) is 20.5 Å². The van der Waals surface area contributed by atoms with Crippen molar-refractivity contribution in [2.24, 2.45) is 0 Å². The maximum absolute atomic E-state index is 13.1. The number of nitrogens with two attached hydrogens (primary N) is 1. The van der Waals surface area contributed by atoms with Crippen LogP contribution in [0, 0.1) is 19.3 Å². The number of ether oxygens (including phenoxy) is 1. The quantitative estimate of drug-likeness (QED) is 0.0531. The number of nitrogen functional groups attached to an aromatic ring is 1. The molecule has 5 rings (SSSR count). The molecule has 0 radical (unpaired) electrons. The minimum atomic E-state index is -0.727. The topological polar surface area (TPSA) is 187 Å². The lowest BCUT2D eigenvalue weighted by atomic mass is 9.90. The lowest BCUT2D eigenvalue weighted by Gasteiger charge is -2.28. The summed E-state index contributed by atoms with van der Waals surface area (Å²) in [6, 6.07) is 18.8. The lowest BCUT2D eigenvalue weighted by molar-refractivity contribution is -0.542. The molecule has 0 saturated carbocycles. The monoisotopic (exact) mass is 721 g/mol. The average molecular weight is 722 g/mol. The zero-order chi connectivity index (χ0) is 38.3. The van der Waals surface area contributed by atoms with E-state index in [9.17, 15) is 14.4 Å². The van der Waals surface area contributed by atoms with Gasteiger partial charge in [-0.2, -0.15) is 5.41 Å². The van der Waals surface area contributed by atoms with E-state index < -0.39 is 11.7 Å². The molecule has 13 nitrogen and oxygen atoms in total. The van der Waals surface area contributed by atoms with Crippen molar-refractivity contribution in [1.29, 1.82) is 5.41 Å². The molecule has 1 aliphatic rings. The lowest BCUT2D eigenvalue weighted by Crippen LogP contribution is -2.54. The van der Waals surface area contributed by atoms with Gasteiger partial charge in [-0.15, -0.1) is 0 Å². The molecule has 53 heavy (non-hydrogen) atoms. The highest BCUT2D eigenvalue weighted by Gasteiger charge is 2.30. The summed E-state index contributed by atoms with van der Waals surface area (Å²) >= 11 is 0. The summed E-state index contributed by atoms with van der Waals surface area (Å²) < 4.78 is 7.15. The summed E-state index contributed by atoms with van der Waals surface area (Å²) in [5.74, 6) is 0.0193. The zero-order valence-corrected chi connectivity index (χ0v) is 31.0. The molecule has 2 aromatic carbocycles. The molecule has 4 aromatic rings. The number of carbonyl (C=O) groups excluding carboxylic acids is 3. The minimum absolute atomic E-state index is 0.0494. The molecule has 0 unspecified atom stereocenters. The highest BCUT2D eigenvalue weighted by Crippen LogP contribution is 2.35. The number of benzene rings is 2. The van der Waals surface area contributed by atoms with E-state index in [1.807, 2.05) is 62.4 Å². The van der Waals surface area contributed by atoms with Gasteiger partial charge in [0, 0.05) is 50.0 Å². The Morgan fingerprint density at radius 2 is 1.79 bits per heavy atom. The van der Waals surface area contributed by atoms with E-state index >= 15 is 0 Å². The predicted octanol–water partition coefficient (Wildman–Crippen LogP) is 4.58. The summed E-state index contributed by atoms with van der Waals surface area (Å²) in [6.07, 6.45) is 3.80. The Bertz CT molecular complexity index is 1990. The van der Waals surface area contributed by atoms with Crippen molar-refractivity contribution in [3.8, 4) is 22.3 Å². The van der Waals surface area contributed by atoms with Crippen LogP contribution in [0.1, 0.15) is 60.8 Å². The molecule has 7 N–H and O–H groups in total. The number of nitrogens with zero attached hydrogens (tertiary/aromatic N) is 3. The molecule has 1 atom stereocenters. The van der Waals surface area contributed by atoms with Gasteiger partial charge in [-0.05, 0) is 98.2 Å². The Kier molecular flexibility index (Phi) is 12.2. The Morgan fingerprint density at radius 1 is 1.08 bits per heavy atom. The van der Waals surface area contributed by atoms with E-state index in [4.69, 9.17) is 21.0 Å². The number of aliphatic hydroxyl groups is 1. The van der Waals surface area contributed by atoms with Crippen LogP contribution in [0.25, 0.3) is 22.3 Å². The first-order chi connectivity index (χ1) is 25.2. The molecule has 3 amide bonds. The molecular formula is C40H49N8O5+. The maximum Gasteiger partial charge on any atom is 0.410 e. The molecule has 1 saturated heterocycles. The van der Waals surface area contributed by atoms with Crippen LogP contribution in [0.2, 0.25) is 0 Å². The van der Waals surface area contributed by atoms with Crippen LogP contribution >= 0.6 is 0 Å². The Labute approximate surface area is 310 Å². The number of anilines is 2. The van der Waals surface area contributed by atoms with Crippen LogP contribution in [0.5, 0.6) is 0 Å². The van der Waals surface area contributed by atoms with Crippen LogP contribution in [0.3, 0.4) is 0 Å². The first kappa shape index (κ1) is 38.6. The van der Waals surface area contributed by atoms with Gasteiger partial charge in [-0.25, -0.2) is 9.36 Å². The molecule has 0 aliphatic carbocycles. The number of aromatic nitrogens is 2. The van der Waals surface area contributed by atoms with E-state index in [1.54, 1.807) is 45.3 Å². The van der Waals surface area contributed by atoms with E-state index in [0.29, 0.717) is 43.1 Å². The maximum atomic E-state index is 13.1. The van der Waals surface area contributed by atoms with Crippen LogP contribution in [-0.2, 0) is 16.1 Å². The van der Waals surface area contributed by atoms with Crippen LogP contribution in [-0.4, -0.2) is 76.6 Å². The van der Waals surface area contributed by atoms with Gasteiger partial charge in [-0.3, -0.25) is 19.5 Å². The highest BCUT2D eigenvalue weighted by molar-refractivity contribution is 6.04. The molecule has 1 fully saturated rings. The fourth-order valence-corrected chi connectivity index (χ4v) is 6.26. The third kappa shape index (κ3) is 9.82. The Balaban J connectivity index is 1.33. The SMILES string of the molecule is Cc1c(NC(=O)c2ccc(CNCCO)cn2)cccc1-c1cccc(-c2cc[n+](C(=N)CN(C[C@@H]3CCC(=O)N3)C(=O)OC(C)(C)C)c(N)c2)c1C. The molecule has 13 heteroatoms. The standard InChI is InChI=1S/C40H48N8O5/c1-25-30(28-16-18-48(35(41)20-28)36(42)24-47(39(52)53-40(3,4)5)23-29-13-15-37(50)45-29)8-6-9-31(25)32-10-7-11-33(26(32)2)46-38(51)34-14-12-27(22-44-34)21-43-17-19-49/h6-12,14,16,18,20,22,29,41-43,49H,13,15,17,19,21,23-24H2,1-5H3,(H2,45,46,50,51)/p+1/t29-/m0/s1. The minimum Gasteiger partial charge on any atom is -0.444 e. The molecule has 1 aliphatic heterocycles. The van der Waals surface area contributed by atoms with Crippen LogP contribution < -0.4 is 26.3 Å². The van der Waals surface area contributed by atoms with Crippen LogP contribution in [0.15, 0.2) is 73.1 Å². The van der Waals surface area contributed by atoms with E-state index in [2.05, 4.69) is 20.9 Å². The number of hydrogen-bond donors (Lipinski definition) is 6.